The number of piperidine rings is 1. The van der Waals surface area contributed by atoms with Crippen LogP contribution in [-0.2, 0) is 0 Å². The largest absolute Gasteiger partial charge is 0.349 e. The maximum absolute atomic E-state index is 13.9. The lowest BCUT2D eigenvalue weighted by molar-refractivity contribution is 0.0694. The molecule has 1 aliphatic rings. The summed E-state index contributed by atoms with van der Waals surface area (Å²) in [5.74, 6) is -0.943. The first kappa shape index (κ1) is 19.1. The standard InChI is InChI=1S/C23H22FN3O2/c1-15-14-19(17-6-3-5-9-21(17)25-15)22(28)26-16-10-12-27(13-11-16)23(29)18-7-2-4-8-20(18)24/h2-9,14,16H,10-13H2,1H3,(H,26,28). The van der Waals surface area contributed by atoms with Crippen molar-refractivity contribution >= 4 is 22.7 Å². The van der Waals surface area contributed by atoms with Gasteiger partial charge in [0.05, 0.1) is 16.6 Å². The van der Waals surface area contributed by atoms with E-state index in [1.807, 2.05) is 31.2 Å². The van der Waals surface area contributed by atoms with Crippen LogP contribution in [0, 0.1) is 12.7 Å². The molecule has 0 unspecified atom stereocenters. The van der Waals surface area contributed by atoms with Crippen LogP contribution in [0.15, 0.2) is 54.6 Å². The molecular weight excluding hydrogens is 369 g/mol. The molecule has 6 heteroatoms. The average Bonchev–Trinajstić information content (AvgIpc) is 2.73. The zero-order valence-corrected chi connectivity index (χ0v) is 16.2. The number of halogens is 1. The number of benzene rings is 2. The van der Waals surface area contributed by atoms with Gasteiger partial charge in [-0.3, -0.25) is 14.6 Å². The second-order valence-electron chi connectivity index (χ2n) is 7.35. The van der Waals surface area contributed by atoms with Gasteiger partial charge in [0, 0.05) is 30.2 Å². The molecular formula is C23H22FN3O2. The maximum Gasteiger partial charge on any atom is 0.256 e. The molecule has 0 radical (unpaired) electrons. The number of likely N-dealkylation sites (tertiary alicyclic amines) is 1. The van der Waals surface area contributed by atoms with Crippen molar-refractivity contribution in [3.05, 3.63) is 77.2 Å². The number of hydrogen-bond acceptors (Lipinski definition) is 3. The monoisotopic (exact) mass is 391 g/mol. The molecule has 1 N–H and O–H groups in total. The molecule has 0 saturated carbocycles. The van der Waals surface area contributed by atoms with Crippen molar-refractivity contribution in [2.24, 2.45) is 0 Å². The van der Waals surface area contributed by atoms with Crippen LogP contribution < -0.4 is 5.32 Å². The summed E-state index contributed by atoms with van der Waals surface area (Å²) < 4.78 is 13.9. The minimum Gasteiger partial charge on any atom is -0.349 e. The Morgan fingerprint density at radius 3 is 2.48 bits per heavy atom. The van der Waals surface area contributed by atoms with Gasteiger partial charge in [0.2, 0.25) is 0 Å². The fourth-order valence-electron chi connectivity index (χ4n) is 3.79. The zero-order chi connectivity index (χ0) is 20.4. The smallest absolute Gasteiger partial charge is 0.256 e. The molecule has 1 saturated heterocycles. The molecule has 2 heterocycles. The number of rotatable bonds is 3. The number of amides is 2. The molecule has 2 aromatic carbocycles. The Morgan fingerprint density at radius 2 is 1.72 bits per heavy atom. The number of fused-ring (bicyclic) bond motifs is 1. The van der Waals surface area contributed by atoms with E-state index in [4.69, 9.17) is 0 Å². The van der Waals surface area contributed by atoms with Gasteiger partial charge in [0.25, 0.3) is 11.8 Å². The van der Waals surface area contributed by atoms with E-state index in [0.29, 0.717) is 31.5 Å². The summed E-state index contributed by atoms with van der Waals surface area (Å²) in [4.78, 5) is 31.6. The number of nitrogens with zero attached hydrogens (tertiary/aromatic N) is 2. The molecule has 4 rings (SSSR count). The lowest BCUT2D eigenvalue weighted by atomic mass is 10.0. The Bertz CT molecular complexity index is 1070. The average molecular weight is 391 g/mol. The third-order valence-corrected chi connectivity index (χ3v) is 5.31. The summed E-state index contributed by atoms with van der Waals surface area (Å²) in [5.41, 5.74) is 2.29. The Labute approximate surface area is 168 Å². The van der Waals surface area contributed by atoms with E-state index in [-0.39, 0.29) is 23.4 Å². The van der Waals surface area contributed by atoms with Crippen LogP contribution >= 0.6 is 0 Å². The molecule has 0 bridgehead atoms. The number of carbonyl (C=O) groups is 2. The molecule has 3 aromatic rings. The fraction of sp³-hybridized carbons (Fsp3) is 0.261. The number of aryl methyl sites for hydroxylation is 1. The van der Waals surface area contributed by atoms with Gasteiger partial charge in [-0.05, 0) is 44.0 Å². The number of carbonyl (C=O) groups excluding carboxylic acids is 2. The first-order chi connectivity index (χ1) is 14.0. The van der Waals surface area contributed by atoms with Crippen LogP contribution in [0.5, 0.6) is 0 Å². The van der Waals surface area contributed by atoms with Gasteiger partial charge < -0.3 is 10.2 Å². The molecule has 2 amide bonds. The van der Waals surface area contributed by atoms with Crippen molar-refractivity contribution in [3.8, 4) is 0 Å². The van der Waals surface area contributed by atoms with Crippen molar-refractivity contribution in [1.29, 1.82) is 0 Å². The third kappa shape index (κ3) is 3.97. The van der Waals surface area contributed by atoms with Crippen LogP contribution in [0.1, 0.15) is 39.3 Å². The Morgan fingerprint density at radius 1 is 1.03 bits per heavy atom. The molecule has 0 atom stereocenters. The van der Waals surface area contributed by atoms with E-state index < -0.39 is 5.82 Å². The topological polar surface area (TPSA) is 62.3 Å². The summed E-state index contributed by atoms with van der Waals surface area (Å²) >= 11 is 0. The summed E-state index contributed by atoms with van der Waals surface area (Å²) in [7, 11) is 0. The highest BCUT2D eigenvalue weighted by Gasteiger charge is 2.26. The van der Waals surface area contributed by atoms with Crippen molar-refractivity contribution < 1.29 is 14.0 Å². The summed E-state index contributed by atoms with van der Waals surface area (Å²) in [6.45, 7) is 2.83. The van der Waals surface area contributed by atoms with E-state index in [9.17, 15) is 14.0 Å². The molecule has 0 spiro atoms. The molecule has 0 aliphatic carbocycles. The first-order valence-electron chi connectivity index (χ1n) is 9.74. The van der Waals surface area contributed by atoms with Crippen LogP contribution in [0.4, 0.5) is 4.39 Å². The molecule has 5 nitrogen and oxygen atoms in total. The quantitative estimate of drug-likeness (QED) is 0.740. The highest BCUT2D eigenvalue weighted by atomic mass is 19.1. The third-order valence-electron chi connectivity index (χ3n) is 5.31. The summed E-state index contributed by atoms with van der Waals surface area (Å²) in [6, 6.07) is 15.4. The van der Waals surface area contributed by atoms with Crippen molar-refractivity contribution in [1.82, 2.24) is 15.2 Å². The van der Waals surface area contributed by atoms with Crippen LogP contribution in [-0.4, -0.2) is 40.8 Å². The van der Waals surface area contributed by atoms with E-state index in [1.165, 1.54) is 12.1 Å². The van der Waals surface area contributed by atoms with E-state index in [1.54, 1.807) is 23.1 Å². The highest BCUT2D eigenvalue weighted by Crippen LogP contribution is 2.20. The predicted octanol–water partition coefficient (Wildman–Crippen LogP) is 3.72. The van der Waals surface area contributed by atoms with Crippen molar-refractivity contribution in [2.45, 2.75) is 25.8 Å². The fourth-order valence-corrected chi connectivity index (χ4v) is 3.79. The minimum atomic E-state index is -0.507. The number of para-hydroxylation sites is 1. The highest BCUT2D eigenvalue weighted by molar-refractivity contribution is 6.06. The minimum absolute atomic E-state index is 0.0283. The molecule has 1 aliphatic heterocycles. The SMILES string of the molecule is Cc1cc(C(=O)NC2CCN(C(=O)c3ccccc3F)CC2)c2ccccc2n1. The second kappa shape index (κ2) is 7.99. The van der Waals surface area contributed by atoms with Crippen molar-refractivity contribution in [3.63, 3.8) is 0 Å². The van der Waals surface area contributed by atoms with Crippen LogP contribution in [0.25, 0.3) is 10.9 Å². The Hall–Kier alpha value is -3.28. The lowest BCUT2D eigenvalue weighted by Crippen LogP contribution is -2.46. The van der Waals surface area contributed by atoms with E-state index >= 15 is 0 Å². The van der Waals surface area contributed by atoms with Gasteiger partial charge in [0.1, 0.15) is 5.82 Å². The van der Waals surface area contributed by atoms with E-state index in [2.05, 4.69) is 10.3 Å². The zero-order valence-electron chi connectivity index (χ0n) is 16.2. The molecule has 29 heavy (non-hydrogen) atoms. The number of hydrogen-bond donors (Lipinski definition) is 1. The first-order valence-corrected chi connectivity index (χ1v) is 9.74. The lowest BCUT2D eigenvalue weighted by Gasteiger charge is -2.32. The van der Waals surface area contributed by atoms with Crippen molar-refractivity contribution in [2.75, 3.05) is 13.1 Å². The predicted molar refractivity (Wildman–Crippen MR) is 109 cm³/mol. The van der Waals surface area contributed by atoms with E-state index in [0.717, 1.165) is 16.6 Å². The van der Waals surface area contributed by atoms with Crippen LogP contribution in [0.2, 0.25) is 0 Å². The maximum atomic E-state index is 13.9. The summed E-state index contributed by atoms with van der Waals surface area (Å²) in [6.07, 6.45) is 1.27. The van der Waals surface area contributed by atoms with Gasteiger partial charge in [-0.15, -0.1) is 0 Å². The van der Waals surface area contributed by atoms with Gasteiger partial charge >= 0.3 is 0 Å². The second-order valence-corrected chi connectivity index (χ2v) is 7.35. The number of aromatic nitrogens is 1. The Balaban J connectivity index is 1.42. The summed E-state index contributed by atoms with van der Waals surface area (Å²) in [5, 5.41) is 3.91. The van der Waals surface area contributed by atoms with Crippen LogP contribution in [0.3, 0.4) is 0 Å². The van der Waals surface area contributed by atoms with Gasteiger partial charge in [-0.2, -0.15) is 0 Å². The molecule has 1 fully saturated rings. The Kier molecular flexibility index (Phi) is 5.25. The van der Waals surface area contributed by atoms with Gasteiger partial charge in [-0.1, -0.05) is 30.3 Å². The molecule has 1 aromatic heterocycles. The number of nitrogens with one attached hydrogen (secondary N) is 1. The number of pyridine rings is 1. The molecule has 148 valence electrons. The van der Waals surface area contributed by atoms with Gasteiger partial charge in [0.15, 0.2) is 0 Å². The van der Waals surface area contributed by atoms with Gasteiger partial charge in [-0.25, -0.2) is 4.39 Å². The normalized spacial score (nSPS) is 14.8.